The number of rotatable bonds is 4. The maximum Gasteiger partial charge on any atom is 0.123 e. The fourth-order valence-electron chi connectivity index (χ4n) is 1.97. The second-order valence-electron chi connectivity index (χ2n) is 4.10. The smallest absolute Gasteiger partial charge is 0.123 e. The van der Waals surface area contributed by atoms with E-state index in [9.17, 15) is 4.39 Å². The SMILES string of the molecule is CCNC(c1ccc(I)cc1)c1cccc(F)c1. The summed E-state index contributed by atoms with van der Waals surface area (Å²) in [4.78, 5) is 0. The zero-order valence-corrected chi connectivity index (χ0v) is 12.3. The van der Waals surface area contributed by atoms with Gasteiger partial charge in [0, 0.05) is 3.57 Å². The van der Waals surface area contributed by atoms with Crippen molar-refractivity contribution in [2.75, 3.05) is 6.54 Å². The summed E-state index contributed by atoms with van der Waals surface area (Å²) in [7, 11) is 0. The Labute approximate surface area is 121 Å². The lowest BCUT2D eigenvalue weighted by atomic mass is 9.98. The van der Waals surface area contributed by atoms with E-state index in [1.54, 1.807) is 12.1 Å². The third-order valence-electron chi connectivity index (χ3n) is 2.79. The molecule has 0 spiro atoms. The molecule has 0 bridgehead atoms. The van der Waals surface area contributed by atoms with Crippen molar-refractivity contribution >= 4 is 22.6 Å². The van der Waals surface area contributed by atoms with Gasteiger partial charge < -0.3 is 5.32 Å². The first-order valence-corrected chi connectivity index (χ1v) is 7.03. The average Bonchev–Trinajstić information content (AvgIpc) is 2.37. The first kappa shape index (κ1) is 13.5. The third-order valence-corrected chi connectivity index (χ3v) is 3.51. The topological polar surface area (TPSA) is 12.0 Å². The van der Waals surface area contributed by atoms with Crippen LogP contribution in [0, 0.1) is 9.39 Å². The Morgan fingerprint density at radius 3 is 2.44 bits per heavy atom. The van der Waals surface area contributed by atoms with Gasteiger partial charge in [0.05, 0.1) is 6.04 Å². The monoisotopic (exact) mass is 355 g/mol. The second kappa shape index (κ2) is 6.29. The molecule has 0 saturated carbocycles. The lowest BCUT2D eigenvalue weighted by Gasteiger charge is -2.19. The molecule has 0 amide bonds. The van der Waals surface area contributed by atoms with Gasteiger partial charge in [0.2, 0.25) is 0 Å². The molecular formula is C15H15FIN. The Balaban J connectivity index is 2.36. The number of benzene rings is 2. The molecule has 2 rings (SSSR count). The van der Waals surface area contributed by atoms with Gasteiger partial charge in [-0.25, -0.2) is 4.39 Å². The number of nitrogens with one attached hydrogen (secondary N) is 1. The molecule has 94 valence electrons. The highest BCUT2D eigenvalue weighted by molar-refractivity contribution is 14.1. The molecule has 1 atom stereocenters. The Kier molecular flexibility index (Phi) is 4.72. The maximum absolute atomic E-state index is 13.3. The Morgan fingerprint density at radius 1 is 1.11 bits per heavy atom. The number of hydrogen-bond acceptors (Lipinski definition) is 1. The van der Waals surface area contributed by atoms with Crippen LogP contribution in [0.25, 0.3) is 0 Å². The van der Waals surface area contributed by atoms with Gasteiger partial charge in [-0.1, -0.05) is 31.2 Å². The molecule has 0 aliphatic rings. The van der Waals surface area contributed by atoms with Crippen LogP contribution in [0.1, 0.15) is 24.1 Å². The van der Waals surface area contributed by atoms with E-state index >= 15 is 0 Å². The van der Waals surface area contributed by atoms with Crippen molar-refractivity contribution in [3.8, 4) is 0 Å². The molecular weight excluding hydrogens is 340 g/mol. The molecule has 2 aromatic carbocycles. The highest BCUT2D eigenvalue weighted by Gasteiger charge is 2.13. The molecule has 0 fully saturated rings. The van der Waals surface area contributed by atoms with E-state index in [2.05, 4.69) is 59.1 Å². The van der Waals surface area contributed by atoms with Gasteiger partial charge in [-0.2, -0.15) is 0 Å². The van der Waals surface area contributed by atoms with E-state index in [0.717, 1.165) is 17.7 Å². The first-order chi connectivity index (χ1) is 8.70. The van der Waals surface area contributed by atoms with Gasteiger partial charge in [0.15, 0.2) is 0 Å². The maximum atomic E-state index is 13.3. The van der Waals surface area contributed by atoms with Gasteiger partial charge in [-0.3, -0.25) is 0 Å². The summed E-state index contributed by atoms with van der Waals surface area (Å²) in [5, 5.41) is 3.39. The van der Waals surface area contributed by atoms with Crippen LogP contribution in [0.3, 0.4) is 0 Å². The summed E-state index contributed by atoms with van der Waals surface area (Å²) in [6, 6.07) is 15.1. The van der Waals surface area contributed by atoms with Crippen LogP contribution in [0.5, 0.6) is 0 Å². The van der Waals surface area contributed by atoms with Crippen molar-refractivity contribution in [1.29, 1.82) is 0 Å². The van der Waals surface area contributed by atoms with E-state index < -0.39 is 0 Å². The van der Waals surface area contributed by atoms with Crippen molar-refractivity contribution in [3.05, 3.63) is 69.0 Å². The predicted octanol–water partition coefficient (Wildman–Crippen LogP) is 4.13. The Hall–Kier alpha value is -0.940. The van der Waals surface area contributed by atoms with Crippen LogP contribution in [0.2, 0.25) is 0 Å². The molecule has 1 unspecified atom stereocenters. The van der Waals surface area contributed by atoms with Crippen LogP contribution in [0.4, 0.5) is 4.39 Å². The average molecular weight is 355 g/mol. The van der Waals surface area contributed by atoms with E-state index in [4.69, 9.17) is 0 Å². The van der Waals surface area contributed by atoms with Crippen LogP contribution < -0.4 is 5.32 Å². The molecule has 3 heteroatoms. The highest BCUT2D eigenvalue weighted by Crippen LogP contribution is 2.23. The summed E-state index contributed by atoms with van der Waals surface area (Å²) in [6.45, 7) is 2.90. The van der Waals surface area contributed by atoms with Crippen LogP contribution in [-0.2, 0) is 0 Å². The van der Waals surface area contributed by atoms with Gasteiger partial charge in [-0.15, -0.1) is 0 Å². The molecule has 1 N–H and O–H groups in total. The van der Waals surface area contributed by atoms with Crippen LogP contribution in [0.15, 0.2) is 48.5 Å². The normalized spacial score (nSPS) is 12.4. The van der Waals surface area contributed by atoms with Gasteiger partial charge >= 0.3 is 0 Å². The van der Waals surface area contributed by atoms with Crippen molar-refractivity contribution in [1.82, 2.24) is 5.32 Å². The molecule has 0 radical (unpaired) electrons. The van der Waals surface area contributed by atoms with Crippen molar-refractivity contribution in [2.45, 2.75) is 13.0 Å². The lowest BCUT2D eigenvalue weighted by Crippen LogP contribution is -2.22. The molecule has 0 aliphatic heterocycles. The lowest BCUT2D eigenvalue weighted by molar-refractivity contribution is 0.603. The van der Waals surface area contributed by atoms with Gasteiger partial charge in [0.1, 0.15) is 5.82 Å². The summed E-state index contributed by atoms with van der Waals surface area (Å²) in [6.07, 6.45) is 0. The zero-order valence-electron chi connectivity index (χ0n) is 10.2. The molecule has 0 saturated heterocycles. The Bertz CT molecular complexity index is 510. The molecule has 2 aromatic rings. The number of halogens is 2. The molecule has 0 aromatic heterocycles. The predicted molar refractivity (Wildman–Crippen MR) is 81.1 cm³/mol. The minimum atomic E-state index is -0.194. The van der Waals surface area contributed by atoms with Crippen molar-refractivity contribution < 1.29 is 4.39 Å². The van der Waals surface area contributed by atoms with E-state index in [0.29, 0.717) is 0 Å². The largest absolute Gasteiger partial charge is 0.307 e. The second-order valence-corrected chi connectivity index (χ2v) is 5.34. The van der Waals surface area contributed by atoms with Gasteiger partial charge in [0.25, 0.3) is 0 Å². The molecule has 0 aliphatic carbocycles. The zero-order chi connectivity index (χ0) is 13.0. The molecule has 18 heavy (non-hydrogen) atoms. The highest BCUT2D eigenvalue weighted by atomic mass is 127. The quantitative estimate of drug-likeness (QED) is 0.814. The van der Waals surface area contributed by atoms with Crippen molar-refractivity contribution in [3.63, 3.8) is 0 Å². The summed E-state index contributed by atoms with van der Waals surface area (Å²) >= 11 is 2.28. The van der Waals surface area contributed by atoms with Crippen LogP contribution >= 0.6 is 22.6 Å². The fourth-order valence-corrected chi connectivity index (χ4v) is 2.33. The summed E-state index contributed by atoms with van der Waals surface area (Å²) < 4.78 is 14.5. The summed E-state index contributed by atoms with van der Waals surface area (Å²) in [5.41, 5.74) is 2.11. The minimum Gasteiger partial charge on any atom is -0.307 e. The van der Waals surface area contributed by atoms with E-state index in [1.807, 2.05) is 6.07 Å². The Morgan fingerprint density at radius 2 is 1.83 bits per heavy atom. The third kappa shape index (κ3) is 3.29. The summed E-state index contributed by atoms with van der Waals surface area (Å²) in [5.74, 6) is -0.194. The fraction of sp³-hybridized carbons (Fsp3) is 0.200. The molecule has 1 nitrogen and oxygen atoms in total. The van der Waals surface area contributed by atoms with E-state index in [1.165, 1.54) is 9.64 Å². The first-order valence-electron chi connectivity index (χ1n) is 5.95. The molecule has 0 heterocycles. The standard InChI is InChI=1S/C15H15FIN/c1-2-18-15(11-6-8-14(17)9-7-11)12-4-3-5-13(16)10-12/h3-10,15,18H,2H2,1H3. The van der Waals surface area contributed by atoms with Crippen molar-refractivity contribution in [2.24, 2.45) is 0 Å². The van der Waals surface area contributed by atoms with E-state index in [-0.39, 0.29) is 11.9 Å². The van der Waals surface area contributed by atoms with Crippen LogP contribution in [-0.4, -0.2) is 6.54 Å². The number of hydrogen-bond donors (Lipinski definition) is 1. The minimum absolute atomic E-state index is 0.0442. The van der Waals surface area contributed by atoms with Gasteiger partial charge in [-0.05, 0) is 64.5 Å².